The van der Waals surface area contributed by atoms with Crippen molar-refractivity contribution in [3.8, 4) is 22.6 Å². The molecular formula is C27H25Cl2N3O3. The Morgan fingerprint density at radius 2 is 1.71 bits per heavy atom. The summed E-state index contributed by atoms with van der Waals surface area (Å²) < 4.78 is 12.6. The van der Waals surface area contributed by atoms with E-state index in [1.165, 1.54) is 7.11 Å². The minimum atomic E-state index is -0.357. The first-order chi connectivity index (χ1) is 16.8. The van der Waals surface area contributed by atoms with E-state index < -0.39 is 0 Å². The molecule has 0 bridgehead atoms. The summed E-state index contributed by atoms with van der Waals surface area (Å²) in [7, 11) is 1.37. The van der Waals surface area contributed by atoms with E-state index in [1.54, 1.807) is 35.0 Å². The summed E-state index contributed by atoms with van der Waals surface area (Å²) in [6, 6.07) is 18.5. The third-order valence-electron chi connectivity index (χ3n) is 5.68. The molecule has 1 heterocycles. The quantitative estimate of drug-likeness (QED) is 0.250. The van der Waals surface area contributed by atoms with Gasteiger partial charge in [-0.25, -0.2) is 9.48 Å². The topological polar surface area (TPSA) is 66.2 Å². The third-order valence-corrected chi connectivity index (χ3v) is 6.29. The number of hydrogen-bond acceptors (Lipinski definition) is 5. The fourth-order valence-electron chi connectivity index (χ4n) is 3.87. The first kappa shape index (κ1) is 24.8. The molecule has 180 valence electrons. The van der Waals surface area contributed by atoms with Gasteiger partial charge in [0, 0.05) is 0 Å². The number of halogens is 2. The van der Waals surface area contributed by atoms with Crippen LogP contribution < -0.4 is 4.74 Å². The van der Waals surface area contributed by atoms with Gasteiger partial charge in [-0.05, 0) is 65.9 Å². The molecule has 1 aromatic heterocycles. The highest BCUT2D eigenvalue weighted by Crippen LogP contribution is 2.32. The third kappa shape index (κ3) is 5.19. The number of benzene rings is 3. The fraction of sp³-hybridized carbons (Fsp3) is 0.222. The van der Waals surface area contributed by atoms with Crippen molar-refractivity contribution < 1.29 is 14.3 Å². The van der Waals surface area contributed by atoms with Crippen LogP contribution in [-0.2, 0) is 11.3 Å². The predicted molar refractivity (Wildman–Crippen MR) is 138 cm³/mol. The van der Waals surface area contributed by atoms with Crippen LogP contribution in [0.1, 0.15) is 47.1 Å². The van der Waals surface area contributed by atoms with E-state index in [-0.39, 0.29) is 18.5 Å². The van der Waals surface area contributed by atoms with Crippen molar-refractivity contribution in [3.05, 3.63) is 93.2 Å². The van der Waals surface area contributed by atoms with Gasteiger partial charge in [0.05, 0.1) is 28.4 Å². The number of methoxy groups -OCH3 is 1. The lowest BCUT2D eigenvalue weighted by Crippen LogP contribution is -2.09. The van der Waals surface area contributed by atoms with Crippen LogP contribution in [0.2, 0.25) is 10.0 Å². The summed E-state index contributed by atoms with van der Waals surface area (Å²) in [5, 5.41) is 9.66. The Balaban J connectivity index is 1.59. The zero-order valence-electron chi connectivity index (χ0n) is 19.9. The summed E-state index contributed by atoms with van der Waals surface area (Å²) >= 11 is 12.9. The van der Waals surface area contributed by atoms with Gasteiger partial charge in [0.1, 0.15) is 23.7 Å². The number of hydrogen-bond donors (Lipinski definition) is 0. The van der Waals surface area contributed by atoms with Gasteiger partial charge in [-0.15, -0.1) is 5.10 Å². The van der Waals surface area contributed by atoms with Crippen LogP contribution in [0, 0.1) is 6.92 Å². The molecule has 0 radical (unpaired) electrons. The van der Waals surface area contributed by atoms with E-state index >= 15 is 0 Å². The van der Waals surface area contributed by atoms with E-state index in [9.17, 15) is 4.79 Å². The Morgan fingerprint density at radius 3 is 2.31 bits per heavy atom. The Hall–Kier alpha value is -3.35. The maximum Gasteiger partial charge on any atom is 0.337 e. The van der Waals surface area contributed by atoms with Crippen LogP contribution in [0.15, 0.2) is 60.7 Å². The SMILES string of the molecule is COC(=O)c1ccc(-c2ccc(OCc3c(C(C)C)nnn3-c3c(Cl)cccc3Cl)cc2C)cc1. The molecule has 0 amide bonds. The number of ether oxygens (including phenoxy) is 2. The number of carbonyl (C=O) groups is 1. The van der Waals surface area contributed by atoms with Gasteiger partial charge < -0.3 is 9.47 Å². The lowest BCUT2D eigenvalue weighted by atomic mass is 9.99. The standard InChI is InChI=1S/C27H25Cl2N3O3/c1-16(2)25-24(32(31-30-25)26-22(28)6-5-7-23(26)29)15-35-20-12-13-21(17(3)14-20)18-8-10-19(11-9-18)27(33)34-4/h5-14,16H,15H2,1-4H3. The number of para-hydroxylation sites is 1. The first-order valence-electron chi connectivity index (χ1n) is 11.1. The number of nitrogens with zero attached hydrogens (tertiary/aromatic N) is 3. The Labute approximate surface area is 214 Å². The van der Waals surface area contributed by atoms with E-state index in [0.29, 0.717) is 27.0 Å². The molecule has 3 aromatic carbocycles. The Kier molecular flexibility index (Phi) is 7.43. The molecule has 35 heavy (non-hydrogen) atoms. The van der Waals surface area contributed by atoms with Crippen molar-refractivity contribution in [2.75, 3.05) is 7.11 Å². The molecule has 4 aromatic rings. The molecule has 0 saturated carbocycles. The van der Waals surface area contributed by atoms with Crippen LogP contribution in [0.3, 0.4) is 0 Å². The normalized spacial score (nSPS) is 11.1. The van der Waals surface area contributed by atoms with Crippen LogP contribution in [-0.4, -0.2) is 28.1 Å². The predicted octanol–water partition coefficient (Wildman–Crippen LogP) is 7.04. The Morgan fingerprint density at radius 1 is 1.03 bits per heavy atom. The van der Waals surface area contributed by atoms with Gasteiger partial charge in [0.15, 0.2) is 0 Å². The van der Waals surface area contributed by atoms with E-state index in [0.717, 1.165) is 28.1 Å². The van der Waals surface area contributed by atoms with Crippen molar-refractivity contribution in [1.82, 2.24) is 15.0 Å². The highest BCUT2D eigenvalue weighted by Gasteiger charge is 2.21. The summed E-state index contributed by atoms with van der Waals surface area (Å²) in [5.74, 6) is 0.496. The highest BCUT2D eigenvalue weighted by atomic mass is 35.5. The number of rotatable bonds is 7. The van der Waals surface area contributed by atoms with E-state index in [4.69, 9.17) is 32.7 Å². The zero-order chi connectivity index (χ0) is 25.1. The lowest BCUT2D eigenvalue weighted by Gasteiger charge is -2.14. The average Bonchev–Trinajstić information content (AvgIpc) is 3.26. The molecule has 6 nitrogen and oxygen atoms in total. The second-order valence-electron chi connectivity index (χ2n) is 8.39. The molecule has 8 heteroatoms. The maximum atomic E-state index is 11.7. The molecule has 0 aliphatic rings. The number of aryl methyl sites for hydroxylation is 1. The second-order valence-corrected chi connectivity index (χ2v) is 9.21. The largest absolute Gasteiger partial charge is 0.487 e. The van der Waals surface area contributed by atoms with Crippen molar-refractivity contribution in [3.63, 3.8) is 0 Å². The van der Waals surface area contributed by atoms with Gasteiger partial charge in [0.2, 0.25) is 0 Å². The van der Waals surface area contributed by atoms with Crippen molar-refractivity contribution in [1.29, 1.82) is 0 Å². The zero-order valence-corrected chi connectivity index (χ0v) is 21.4. The fourth-order valence-corrected chi connectivity index (χ4v) is 4.43. The summed E-state index contributed by atoms with van der Waals surface area (Å²) in [6.45, 7) is 6.37. The van der Waals surface area contributed by atoms with E-state index in [1.807, 2.05) is 37.3 Å². The summed E-state index contributed by atoms with van der Waals surface area (Å²) in [6.07, 6.45) is 0. The monoisotopic (exact) mass is 509 g/mol. The molecule has 0 saturated heterocycles. The van der Waals surface area contributed by atoms with Gasteiger partial charge in [-0.1, -0.05) is 66.5 Å². The smallest absolute Gasteiger partial charge is 0.337 e. The molecular weight excluding hydrogens is 485 g/mol. The molecule has 0 aliphatic carbocycles. The van der Waals surface area contributed by atoms with Gasteiger partial charge in [0.25, 0.3) is 0 Å². The van der Waals surface area contributed by atoms with E-state index in [2.05, 4.69) is 24.2 Å². The molecule has 0 N–H and O–H groups in total. The van der Waals surface area contributed by atoms with Gasteiger partial charge in [-0.3, -0.25) is 0 Å². The van der Waals surface area contributed by atoms with Gasteiger partial charge >= 0.3 is 5.97 Å². The highest BCUT2D eigenvalue weighted by molar-refractivity contribution is 6.37. The molecule has 0 unspecified atom stereocenters. The minimum absolute atomic E-state index is 0.140. The van der Waals surface area contributed by atoms with Crippen LogP contribution in [0.5, 0.6) is 5.75 Å². The molecule has 0 spiro atoms. The number of aromatic nitrogens is 3. The summed E-state index contributed by atoms with van der Waals surface area (Å²) in [5.41, 5.74) is 5.79. The van der Waals surface area contributed by atoms with Crippen molar-refractivity contribution >= 4 is 29.2 Å². The van der Waals surface area contributed by atoms with Crippen LogP contribution in [0.25, 0.3) is 16.8 Å². The number of carbonyl (C=O) groups excluding carboxylic acids is 1. The van der Waals surface area contributed by atoms with Gasteiger partial charge in [-0.2, -0.15) is 0 Å². The molecule has 0 aliphatic heterocycles. The molecule has 0 fully saturated rings. The molecule has 4 rings (SSSR count). The number of esters is 1. The average molecular weight is 510 g/mol. The maximum absolute atomic E-state index is 11.7. The van der Waals surface area contributed by atoms with Crippen LogP contribution in [0.4, 0.5) is 0 Å². The minimum Gasteiger partial charge on any atom is -0.487 e. The lowest BCUT2D eigenvalue weighted by molar-refractivity contribution is 0.0600. The Bertz CT molecular complexity index is 1340. The summed E-state index contributed by atoms with van der Waals surface area (Å²) in [4.78, 5) is 11.7. The first-order valence-corrected chi connectivity index (χ1v) is 11.9. The van der Waals surface area contributed by atoms with Crippen LogP contribution >= 0.6 is 23.2 Å². The van der Waals surface area contributed by atoms with Crippen molar-refractivity contribution in [2.24, 2.45) is 0 Å². The molecule has 0 atom stereocenters. The second kappa shape index (κ2) is 10.5. The van der Waals surface area contributed by atoms with Crippen molar-refractivity contribution in [2.45, 2.75) is 33.3 Å².